The molecule has 3 aromatic rings. The van der Waals surface area contributed by atoms with Crippen LogP contribution in [0.3, 0.4) is 0 Å². The second-order valence-electron chi connectivity index (χ2n) is 6.54. The third-order valence-electron chi connectivity index (χ3n) is 4.67. The van der Waals surface area contributed by atoms with E-state index in [1.165, 1.54) is 24.1 Å². The molecule has 4 rings (SSSR count). The molecule has 0 atom stereocenters. The molecule has 2 heterocycles. The van der Waals surface area contributed by atoms with E-state index in [-0.39, 0.29) is 16.5 Å². The molecule has 0 spiro atoms. The van der Waals surface area contributed by atoms with E-state index < -0.39 is 11.8 Å². The fourth-order valence-corrected chi connectivity index (χ4v) is 3.43. The molecule has 0 bridgehead atoms. The summed E-state index contributed by atoms with van der Waals surface area (Å²) in [4.78, 5) is 26.0. The highest BCUT2D eigenvalue weighted by molar-refractivity contribution is 7.80. The van der Waals surface area contributed by atoms with Crippen LogP contribution < -0.4 is 5.32 Å². The first-order valence-electron chi connectivity index (χ1n) is 8.61. The van der Waals surface area contributed by atoms with Crippen molar-refractivity contribution in [2.24, 2.45) is 0 Å². The lowest BCUT2D eigenvalue weighted by atomic mass is 10.1. The van der Waals surface area contributed by atoms with Crippen molar-refractivity contribution in [1.82, 2.24) is 14.8 Å². The largest absolute Gasteiger partial charge is 0.342 e. The fraction of sp³-hybridized carbons (Fsp3) is 0.0952. The highest BCUT2D eigenvalue weighted by Crippen LogP contribution is 2.25. The third kappa shape index (κ3) is 3.20. The molecule has 5 nitrogen and oxygen atoms in total. The van der Waals surface area contributed by atoms with Crippen LogP contribution >= 0.6 is 12.2 Å². The monoisotopic (exact) mass is 393 g/mol. The normalized spacial score (nSPS) is 16.1. The predicted octanol–water partition coefficient (Wildman–Crippen LogP) is 3.09. The molecule has 0 radical (unpaired) electrons. The number of amides is 2. The van der Waals surface area contributed by atoms with E-state index in [2.05, 4.69) is 5.32 Å². The zero-order valence-electron chi connectivity index (χ0n) is 15.0. The summed E-state index contributed by atoms with van der Waals surface area (Å²) in [7, 11) is 1.52. The average molecular weight is 393 g/mol. The number of fused-ring (bicyclic) bond motifs is 1. The maximum atomic E-state index is 13.5. The van der Waals surface area contributed by atoms with Gasteiger partial charge in [0.05, 0.1) is 0 Å². The fourth-order valence-electron chi connectivity index (χ4n) is 3.25. The Morgan fingerprint density at radius 3 is 2.71 bits per heavy atom. The van der Waals surface area contributed by atoms with Gasteiger partial charge in [0.25, 0.3) is 11.8 Å². The van der Waals surface area contributed by atoms with Crippen molar-refractivity contribution in [2.45, 2.75) is 6.54 Å². The van der Waals surface area contributed by atoms with E-state index in [4.69, 9.17) is 12.2 Å². The van der Waals surface area contributed by atoms with Gasteiger partial charge in [-0.2, -0.15) is 0 Å². The Morgan fingerprint density at radius 1 is 1.14 bits per heavy atom. The third-order valence-corrected chi connectivity index (χ3v) is 5.04. The molecule has 0 unspecified atom stereocenters. The number of hydrogen-bond acceptors (Lipinski definition) is 3. The number of halogens is 1. The van der Waals surface area contributed by atoms with Crippen molar-refractivity contribution in [2.75, 3.05) is 7.05 Å². The van der Waals surface area contributed by atoms with E-state index in [1.807, 2.05) is 41.1 Å². The van der Waals surface area contributed by atoms with Crippen LogP contribution in [0, 0.1) is 5.82 Å². The number of aromatic nitrogens is 1. The van der Waals surface area contributed by atoms with Gasteiger partial charge in [0.15, 0.2) is 5.11 Å². The summed E-state index contributed by atoms with van der Waals surface area (Å²) in [6.07, 6.45) is 3.43. The van der Waals surface area contributed by atoms with Crippen molar-refractivity contribution < 1.29 is 14.0 Å². The minimum absolute atomic E-state index is 0.0183. The number of thiocarbonyl (C=S) groups is 1. The second-order valence-corrected chi connectivity index (χ2v) is 6.93. The molecule has 1 saturated heterocycles. The summed E-state index contributed by atoms with van der Waals surface area (Å²) >= 11 is 4.98. The van der Waals surface area contributed by atoms with E-state index in [1.54, 1.807) is 12.1 Å². The molecule has 1 aliphatic rings. The van der Waals surface area contributed by atoms with Gasteiger partial charge >= 0.3 is 0 Å². The first-order chi connectivity index (χ1) is 13.4. The standard InChI is InChI=1S/C21H16FN3O2S/c1-24-20(27)17(19(26)23-21(24)28)10-14-12-25(18-8-3-2-7-16(14)18)11-13-5-4-6-15(22)9-13/h2-10,12H,11H2,1H3,(H,23,26,28)/b17-10+. The van der Waals surface area contributed by atoms with Gasteiger partial charge < -0.3 is 4.57 Å². The van der Waals surface area contributed by atoms with E-state index >= 15 is 0 Å². The average Bonchev–Trinajstić information content (AvgIpc) is 3.01. The van der Waals surface area contributed by atoms with Crippen LogP contribution in [0.15, 0.2) is 60.3 Å². The van der Waals surface area contributed by atoms with Crippen molar-refractivity contribution in [3.8, 4) is 0 Å². The number of likely N-dealkylation sites (N-methyl/N-ethyl adjacent to an activating group) is 1. The maximum absolute atomic E-state index is 13.5. The lowest BCUT2D eigenvalue weighted by Gasteiger charge is -2.24. The van der Waals surface area contributed by atoms with Gasteiger partial charge in [0, 0.05) is 36.3 Å². The Balaban J connectivity index is 1.79. The number of nitrogens with zero attached hydrogens (tertiary/aromatic N) is 2. The highest BCUT2D eigenvalue weighted by atomic mass is 32.1. The SMILES string of the molecule is CN1C(=O)/C(=C/c2cn(Cc3cccc(F)c3)c3ccccc23)C(=O)NC1=S. The Hall–Kier alpha value is -3.32. The molecule has 1 fully saturated rings. The summed E-state index contributed by atoms with van der Waals surface area (Å²) in [6.45, 7) is 0.464. The first kappa shape index (κ1) is 18.1. The van der Waals surface area contributed by atoms with Crippen LogP contribution in [0.2, 0.25) is 0 Å². The summed E-state index contributed by atoms with van der Waals surface area (Å²) in [5.41, 5.74) is 2.49. The molecule has 7 heteroatoms. The topological polar surface area (TPSA) is 54.3 Å². The van der Waals surface area contributed by atoms with Crippen LogP contribution in [0.1, 0.15) is 11.1 Å². The van der Waals surface area contributed by atoms with Crippen molar-refractivity contribution in [1.29, 1.82) is 0 Å². The minimum atomic E-state index is -0.518. The van der Waals surface area contributed by atoms with Crippen LogP contribution in [0.25, 0.3) is 17.0 Å². The van der Waals surface area contributed by atoms with Crippen LogP contribution in [-0.2, 0) is 16.1 Å². The Kier molecular flexibility index (Phi) is 4.52. The van der Waals surface area contributed by atoms with Gasteiger partial charge in [-0.1, -0.05) is 30.3 Å². The van der Waals surface area contributed by atoms with Crippen LogP contribution in [-0.4, -0.2) is 33.4 Å². The van der Waals surface area contributed by atoms with Gasteiger partial charge in [-0.25, -0.2) is 4.39 Å². The van der Waals surface area contributed by atoms with Crippen molar-refractivity contribution in [3.05, 3.63) is 77.2 Å². The predicted molar refractivity (Wildman–Crippen MR) is 109 cm³/mol. The molecule has 140 valence electrons. The van der Waals surface area contributed by atoms with Gasteiger partial charge in [-0.05, 0) is 42.1 Å². The van der Waals surface area contributed by atoms with Gasteiger partial charge in [0.1, 0.15) is 11.4 Å². The highest BCUT2D eigenvalue weighted by Gasteiger charge is 2.31. The molecule has 28 heavy (non-hydrogen) atoms. The summed E-state index contributed by atoms with van der Waals surface area (Å²) in [6, 6.07) is 14.1. The zero-order valence-corrected chi connectivity index (χ0v) is 15.8. The lowest BCUT2D eigenvalue weighted by molar-refractivity contribution is -0.128. The zero-order chi connectivity index (χ0) is 19.8. The van der Waals surface area contributed by atoms with E-state index in [9.17, 15) is 14.0 Å². The second kappa shape index (κ2) is 7.01. The Bertz CT molecular complexity index is 1170. The van der Waals surface area contributed by atoms with Crippen LogP contribution in [0.4, 0.5) is 4.39 Å². The summed E-state index contributed by atoms with van der Waals surface area (Å²) in [5.74, 6) is -1.26. The van der Waals surface area contributed by atoms with Crippen LogP contribution in [0.5, 0.6) is 0 Å². The number of carbonyl (C=O) groups is 2. The van der Waals surface area contributed by atoms with Crippen molar-refractivity contribution >= 4 is 46.1 Å². The molecule has 0 saturated carbocycles. The Labute approximate surface area is 166 Å². The number of para-hydroxylation sites is 1. The summed E-state index contributed by atoms with van der Waals surface area (Å²) in [5, 5.41) is 3.49. The lowest BCUT2D eigenvalue weighted by Crippen LogP contribution is -2.52. The molecular formula is C21H16FN3O2S. The molecule has 1 N–H and O–H groups in total. The number of hydrogen-bond donors (Lipinski definition) is 1. The van der Waals surface area contributed by atoms with Gasteiger partial charge in [-0.3, -0.25) is 19.8 Å². The summed E-state index contributed by atoms with van der Waals surface area (Å²) < 4.78 is 15.5. The molecule has 1 aliphatic heterocycles. The molecule has 1 aromatic heterocycles. The van der Waals surface area contributed by atoms with Gasteiger partial charge in [0.2, 0.25) is 0 Å². The quantitative estimate of drug-likeness (QED) is 0.423. The number of benzene rings is 2. The first-order valence-corrected chi connectivity index (χ1v) is 9.02. The number of nitrogens with one attached hydrogen (secondary N) is 1. The van der Waals surface area contributed by atoms with E-state index in [0.717, 1.165) is 22.0 Å². The minimum Gasteiger partial charge on any atom is -0.342 e. The molecular weight excluding hydrogens is 377 g/mol. The van der Waals surface area contributed by atoms with Gasteiger partial charge in [-0.15, -0.1) is 0 Å². The molecule has 2 amide bonds. The smallest absolute Gasteiger partial charge is 0.265 e. The van der Waals surface area contributed by atoms with Crippen molar-refractivity contribution in [3.63, 3.8) is 0 Å². The Morgan fingerprint density at radius 2 is 1.93 bits per heavy atom. The maximum Gasteiger partial charge on any atom is 0.265 e. The molecule has 0 aliphatic carbocycles. The molecule has 2 aromatic carbocycles. The number of carbonyl (C=O) groups excluding carboxylic acids is 2. The number of rotatable bonds is 3. The van der Waals surface area contributed by atoms with E-state index in [0.29, 0.717) is 6.54 Å².